The highest BCUT2D eigenvalue weighted by molar-refractivity contribution is 4.69. The van der Waals surface area contributed by atoms with Crippen molar-refractivity contribution in [2.45, 2.75) is 26.3 Å². The summed E-state index contributed by atoms with van der Waals surface area (Å²) in [6.07, 6.45) is 1.17. The number of nitrogens with two attached hydrogens (primary N) is 1. The summed E-state index contributed by atoms with van der Waals surface area (Å²) in [4.78, 5) is 2.13. The Morgan fingerprint density at radius 1 is 1.50 bits per heavy atom. The van der Waals surface area contributed by atoms with Crippen LogP contribution >= 0.6 is 0 Å². The number of hydrogen-bond donors (Lipinski definition) is 2. The maximum atomic E-state index is 8.96. The predicted octanol–water partition coefficient (Wildman–Crippen LogP) is 0.284. The largest absolute Gasteiger partial charge is 0.395 e. The van der Waals surface area contributed by atoms with Gasteiger partial charge in [-0.05, 0) is 13.0 Å². The summed E-state index contributed by atoms with van der Waals surface area (Å²) in [5, 5.41) is 8.96. The lowest BCUT2D eigenvalue weighted by atomic mass is 10.1. The molecule has 74 valence electrons. The number of aliphatic hydroxyl groups is 1. The molecule has 0 radical (unpaired) electrons. The second kappa shape index (κ2) is 6.40. The van der Waals surface area contributed by atoms with Crippen LogP contribution in [0, 0.1) is 5.92 Å². The molecule has 0 saturated heterocycles. The fourth-order valence-electron chi connectivity index (χ4n) is 1.16. The smallest absolute Gasteiger partial charge is 0.0599 e. The Morgan fingerprint density at radius 2 is 2.08 bits per heavy atom. The molecule has 0 aromatic heterocycles. The Hall–Kier alpha value is -0.120. The highest BCUT2D eigenvalue weighted by Gasteiger charge is 2.13. The minimum atomic E-state index is 0.124. The number of hydrogen-bond acceptors (Lipinski definition) is 3. The van der Waals surface area contributed by atoms with E-state index in [1.165, 1.54) is 6.42 Å². The third-order valence-corrected chi connectivity index (χ3v) is 2.40. The first-order valence-electron chi connectivity index (χ1n) is 4.66. The Morgan fingerprint density at radius 3 is 2.42 bits per heavy atom. The van der Waals surface area contributed by atoms with E-state index < -0.39 is 0 Å². The fourth-order valence-corrected chi connectivity index (χ4v) is 1.16. The van der Waals surface area contributed by atoms with Gasteiger partial charge in [0, 0.05) is 19.1 Å². The number of rotatable bonds is 6. The van der Waals surface area contributed by atoms with Crippen molar-refractivity contribution in [2.75, 3.05) is 26.7 Å². The molecule has 2 unspecified atom stereocenters. The van der Waals surface area contributed by atoms with Crippen molar-refractivity contribution in [3.05, 3.63) is 0 Å². The normalized spacial score (nSPS) is 16.5. The Balaban J connectivity index is 3.75. The molecule has 0 spiro atoms. The number of nitrogens with zero attached hydrogens (tertiary/aromatic N) is 1. The van der Waals surface area contributed by atoms with Crippen LogP contribution in [0.15, 0.2) is 0 Å². The maximum Gasteiger partial charge on any atom is 0.0599 e. The van der Waals surface area contributed by atoms with Crippen LogP contribution < -0.4 is 5.73 Å². The molecule has 0 aliphatic rings. The molecule has 0 saturated carbocycles. The Labute approximate surface area is 75.6 Å². The molecule has 3 heteroatoms. The quantitative estimate of drug-likeness (QED) is 0.608. The maximum absolute atomic E-state index is 8.96. The van der Waals surface area contributed by atoms with E-state index in [1.54, 1.807) is 0 Å². The molecule has 0 fully saturated rings. The van der Waals surface area contributed by atoms with Crippen LogP contribution in [0.5, 0.6) is 0 Å². The second-order valence-corrected chi connectivity index (χ2v) is 3.53. The van der Waals surface area contributed by atoms with Crippen LogP contribution in [-0.4, -0.2) is 42.8 Å². The molecule has 0 aromatic rings. The van der Waals surface area contributed by atoms with E-state index in [2.05, 4.69) is 18.7 Å². The topological polar surface area (TPSA) is 49.5 Å². The van der Waals surface area contributed by atoms with E-state index >= 15 is 0 Å². The van der Waals surface area contributed by atoms with Crippen molar-refractivity contribution in [1.82, 2.24) is 4.90 Å². The van der Waals surface area contributed by atoms with Crippen molar-refractivity contribution in [2.24, 2.45) is 11.7 Å². The first-order chi connectivity index (χ1) is 5.65. The zero-order chi connectivity index (χ0) is 9.56. The van der Waals surface area contributed by atoms with E-state index in [4.69, 9.17) is 10.8 Å². The molecule has 3 nitrogen and oxygen atoms in total. The van der Waals surface area contributed by atoms with E-state index in [-0.39, 0.29) is 12.6 Å². The summed E-state index contributed by atoms with van der Waals surface area (Å²) in [5.41, 5.74) is 5.50. The SMILES string of the molecule is CCC(C)CN(C)C(CN)CO. The highest BCUT2D eigenvalue weighted by atomic mass is 16.3. The minimum absolute atomic E-state index is 0.124. The van der Waals surface area contributed by atoms with Crippen molar-refractivity contribution in [1.29, 1.82) is 0 Å². The standard InChI is InChI=1S/C9H22N2O/c1-4-8(2)6-11(3)9(5-10)7-12/h8-9,12H,4-7,10H2,1-3H3. The van der Waals surface area contributed by atoms with Gasteiger partial charge in [0.05, 0.1) is 6.61 Å². The lowest BCUT2D eigenvalue weighted by Crippen LogP contribution is -2.42. The van der Waals surface area contributed by atoms with Gasteiger partial charge in [-0.2, -0.15) is 0 Å². The van der Waals surface area contributed by atoms with Gasteiger partial charge >= 0.3 is 0 Å². The van der Waals surface area contributed by atoms with Gasteiger partial charge in [-0.1, -0.05) is 20.3 Å². The summed E-state index contributed by atoms with van der Waals surface area (Å²) in [6, 6.07) is 0.124. The molecule has 2 atom stereocenters. The first kappa shape index (κ1) is 11.9. The second-order valence-electron chi connectivity index (χ2n) is 3.53. The van der Waals surface area contributed by atoms with Crippen molar-refractivity contribution >= 4 is 0 Å². The Bertz CT molecular complexity index is 105. The third kappa shape index (κ3) is 4.04. The predicted molar refractivity (Wildman–Crippen MR) is 52.0 cm³/mol. The van der Waals surface area contributed by atoms with E-state index in [0.717, 1.165) is 6.54 Å². The zero-order valence-corrected chi connectivity index (χ0v) is 8.45. The third-order valence-electron chi connectivity index (χ3n) is 2.40. The highest BCUT2D eigenvalue weighted by Crippen LogP contribution is 2.04. The fraction of sp³-hybridized carbons (Fsp3) is 1.00. The molecule has 0 aliphatic carbocycles. The van der Waals surface area contributed by atoms with Crippen LogP contribution in [0.1, 0.15) is 20.3 Å². The van der Waals surface area contributed by atoms with Gasteiger partial charge in [0.15, 0.2) is 0 Å². The molecule has 3 N–H and O–H groups in total. The molecular formula is C9H22N2O. The van der Waals surface area contributed by atoms with Gasteiger partial charge in [-0.25, -0.2) is 0 Å². The van der Waals surface area contributed by atoms with Crippen LogP contribution in [0.25, 0.3) is 0 Å². The molecular weight excluding hydrogens is 152 g/mol. The van der Waals surface area contributed by atoms with E-state index in [1.807, 2.05) is 7.05 Å². The van der Waals surface area contributed by atoms with Crippen LogP contribution in [-0.2, 0) is 0 Å². The van der Waals surface area contributed by atoms with Crippen LogP contribution in [0.4, 0.5) is 0 Å². The molecule has 0 aromatic carbocycles. The van der Waals surface area contributed by atoms with Crippen LogP contribution in [0.2, 0.25) is 0 Å². The minimum Gasteiger partial charge on any atom is -0.395 e. The molecule has 12 heavy (non-hydrogen) atoms. The zero-order valence-electron chi connectivity index (χ0n) is 8.45. The summed E-state index contributed by atoms with van der Waals surface area (Å²) in [6.45, 7) is 6.09. The average molecular weight is 174 g/mol. The summed E-state index contributed by atoms with van der Waals surface area (Å²) in [7, 11) is 2.01. The van der Waals surface area contributed by atoms with Gasteiger partial charge < -0.3 is 10.8 Å². The van der Waals surface area contributed by atoms with Gasteiger partial charge in [-0.15, -0.1) is 0 Å². The lowest BCUT2D eigenvalue weighted by Gasteiger charge is -2.27. The number of aliphatic hydroxyl groups excluding tert-OH is 1. The summed E-state index contributed by atoms with van der Waals surface area (Å²) >= 11 is 0. The van der Waals surface area contributed by atoms with E-state index in [0.29, 0.717) is 12.5 Å². The van der Waals surface area contributed by atoms with Gasteiger partial charge in [0.25, 0.3) is 0 Å². The number of likely N-dealkylation sites (N-methyl/N-ethyl adjacent to an activating group) is 1. The van der Waals surface area contributed by atoms with Crippen LogP contribution in [0.3, 0.4) is 0 Å². The summed E-state index contributed by atoms with van der Waals surface area (Å²) < 4.78 is 0. The lowest BCUT2D eigenvalue weighted by molar-refractivity contribution is 0.137. The van der Waals surface area contributed by atoms with E-state index in [9.17, 15) is 0 Å². The van der Waals surface area contributed by atoms with Gasteiger partial charge in [0.2, 0.25) is 0 Å². The molecule has 0 rings (SSSR count). The molecule has 0 amide bonds. The Kier molecular flexibility index (Phi) is 6.34. The average Bonchev–Trinajstić information content (AvgIpc) is 2.06. The van der Waals surface area contributed by atoms with Crippen molar-refractivity contribution in [3.8, 4) is 0 Å². The molecule has 0 aliphatic heterocycles. The molecule has 0 bridgehead atoms. The molecule has 0 heterocycles. The van der Waals surface area contributed by atoms with Gasteiger partial charge in [0.1, 0.15) is 0 Å². The monoisotopic (exact) mass is 174 g/mol. The summed E-state index contributed by atoms with van der Waals surface area (Å²) in [5.74, 6) is 0.676. The first-order valence-corrected chi connectivity index (χ1v) is 4.66. The van der Waals surface area contributed by atoms with Crippen molar-refractivity contribution in [3.63, 3.8) is 0 Å². The van der Waals surface area contributed by atoms with Gasteiger partial charge in [-0.3, -0.25) is 4.90 Å². The van der Waals surface area contributed by atoms with Crippen molar-refractivity contribution < 1.29 is 5.11 Å².